The number of hydrogen-bond donors (Lipinski definition) is 3. The second-order valence-electron chi connectivity index (χ2n) is 7.16. The smallest absolute Gasteiger partial charge is 0.317 e. The molecule has 1 saturated heterocycles. The molecule has 0 spiro atoms. The maximum atomic E-state index is 11.6. The zero-order valence-electron chi connectivity index (χ0n) is 16.9. The molecule has 1 aliphatic rings. The summed E-state index contributed by atoms with van der Waals surface area (Å²) < 4.78 is 0. The number of nitrogens with zero attached hydrogens (tertiary/aromatic N) is 4. The Hall–Kier alpha value is -0.685. The van der Waals surface area contributed by atoms with Crippen molar-refractivity contribution in [3.63, 3.8) is 0 Å². The third-order valence-electron chi connectivity index (χ3n) is 4.50. The van der Waals surface area contributed by atoms with Gasteiger partial charge in [0.05, 0.1) is 31.9 Å². The van der Waals surface area contributed by atoms with Crippen LogP contribution in [0.3, 0.4) is 0 Å². The molecule has 10 nitrogen and oxygen atoms in total. The second-order valence-corrected chi connectivity index (χ2v) is 7.16. The van der Waals surface area contributed by atoms with Crippen molar-refractivity contribution in [1.82, 2.24) is 19.6 Å². The van der Waals surface area contributed by atoms with Gasteiger partial charge in [-0.25, -0.2) is 0 Å². The molecular weight excluding hydrogens is 525 g/mol. The Bertz CT molecular complexity index is 450. The predicted octanol–water partition coefficient (Wildman–Crippen LogP) is -0.962. The Balaban J connectivity index is 0.00000784. The summed E-state index contributed by atoms with van der Waals surface area (Å²) in [6.07, 6.45) is 0. The fourth-order valence-electron chi connectivity index (χ4n) is 3.17. The first kappa shape index (κ1) is 28.3. The van der Waals surface area contributed by atoms with Gasteiger partial charge < -0.3 is 15.3 Å². The number of aliphatic hydroxyl groups is 1. The van der Waals surface area contributed by atoms with Crippen molar-refractivity contribution in [3.8, 4) is 0 Å². The fraction of sp³-hybridized carbons (Fsp3) is 0.722. The molecule has 29 heavy (non-hydrogen) atoms. The molecule has 0 amide bonds. The summed E-state index contributed by atoms with van der Waals surface area (Å²) in [4.78, 5) is 41.4. The number of Topliss-reactive ketones (excluding diaryl/α,β-unsaturated/α-hetero) is 1. The van der Waals surface area contributed by atoms with Crippen LogP contribution in [-0.4, -0.2) is 131 Å². The van der Waals surface area contributed by atoms with Crippen LogP contribution in [0.2, 0.25) is 0 Å². The molecule has 0 radical (unpaired) electrons. The minimum Gasteiger partial charge on any atom is -0.512 e. The average molecular weight is 558 g/mol. The van der Waals surface area contributed by atoms with Gasteiger partial charge in [0.25, 0.3) is 0 Å². The first-order chi connectivity index (χ1) is 13.2. The number of rotatable bonds is 8. The van der Waals surface area contributed by atoms with Gasteiger partial charge in [0, 0.05) is 92.3 Å². The van der Waals surface area contributed by atoms with Gasteiger partial charge in [0.2, 0.25) is 0 Å². The topological polar surface area (TPSA) is 125 Å². The van der Waals surface area contributed by atoms with Crippen LogP contribution < -0.4 is 0 Å². The Morgan fingerprint density at radius 2 is 0.931 bits per heavy atom. The molecule has 1 aliphatic heterocycles. The number of hydrogen-bond acceptors (Lipinski definition) is 8. The van der Waals surface area contributed by atoms with Crippen LogP contribution >= 0.6 is 0 Å². The van der Waals surface area contributed by atoms with Crippen LogP contribution in [-0.2, 0) is 14.4 Å². The van der Waals surface area contributed by atoms with Crippen LogP contribution in [0.1, 0.15) is 6.92 Å². The number of carboxylic acid groups (broad SMARTS) is 2. The molecule has 0 aromatic rings. The molecule has 0 bridgehead atoms. The van der Waals surface area contributed by atoms with E-state index in [1.807, 2.05) is 9.80 Å². The summed E-state index contributed by atoms with van der Waals surface area (Å²) in [5.74, 6) is -1.82. The molecule has 1 rings (SSSR count). The van der Waals surface area contributed by atoms with Crippen LogP contribution in [0.15, 0.2) is 12.3 Å². The third kappa shape index (κ3) is 14.0. The summed E-state index contributed by atoms with van der Waals surface area (Å²) in [6.45, 7) is 9.27. The molecule has 0 aliphatic carbocycles. The molecule has 168 valence electrons. The van der Waals surface area contributed by atoms with Crippen molar-refractivity contribution in [1.29, 1.82) is 0 Å². The maximum Gasteiger partial charge on any atom is 0.317 e. The number of aliphatic hydroxyl groups excluding tert-OH is 1. The summed E-state index contributed by atoms with van der Waals surface area (Å²) in [5.41, 5.74) is 0. The molecule has 11 heteroatoms. The van der Waals surface area contributed by atoms with E-state index in [4.69, 9.17) is 10.2 Å². The fourth-order valence-corrected chi connectivity index (χ4v) is 3.17. The van der Waals surface area contributed by atoms with Gasteiger partial charge in [0.1, 0.15) is 5.78 Å². The number of carbonyl (C=O) groups is 3. The van der Waals surface area contributed by atoms with E-state index < -0.39 is 11.9 Å². The van der Waals surface area contributed by atoms with Crippen molar-refractivity contribution in [3.05, 3.63) is 12.3 Å². The van der Waals surface area contributed by atoms with Gasteiger partial charge in [0.15, 0.2) is 0 Å². The summed E-state index contributed by atoms with van der Waals surface area (Å²) >= 11 is 0. The van der Waals surface area contributed by atoms with Gasteiger partial charge in [-0.05, 0) is 6.92 Å². The monoisotopic (exact) mass is 558 g/mol. The van der Waals surface area contributed by atoms with Crippen molar-refractivity contribution < 1.29 is 69.6 Å². The van der Waals surface area contributed by atoms with Gasteiger partial charge in [-0.3, -0.25) is 34.0 Å². The summed E-state index contributed by atoms with van der Waals surface area (Å²) in [5, 5.41) is 27.9. The molecule has 1 heterocycles. The largest absolute Gasteiger partial charge is 0.512 e. The number of carboxylic acids is 2. The minimum absolute atomic E-state index is 0. The van der Waals surface area contributed by atoms with Gasteiger partial charge >= 0.3 is 11.9 Å². The Kier molecular flexibility index (Phi) is 14.8. The van der Waals surface area contributed by atoms with Crippen molar-refractivity contribution >= 4 is 17.7 Å². The summed E-state index contributed by atoms with van der Waals surface area (Å²) in [7, 11) is 0. The zero-order valence-corrected chi connectivity index (χ0v) is 19.2. The average Bonchev–Trinajstić information content (AvgIpc) is 2.55. The molecule has 0 aromatic heterocycles. The van der Waals surface area contributed by atoms with Crippen molar-refractivity contribution in [2.45, 2.75) is 6.92 Å². The standard InChI is InChI=1S/C18H32N4O6.Gd/c1-15(23)11-19-3-7-21(13-17(25)26)9-5-20(12-16(2)24)6-10-22(8-4-19)14-18(27)28;/h23H,1,3-14H2,2H3,(H,25,26)(H,27,28);. The van der Waals surface area contributed by atoms with E-state index in [1.165, 1.54) is 6.92 Å². The van der Waals surface area contributed by atoms with E-state index in [1.54, 1.807) is 9.80 Å². The van der Waals surface area contributed by atoms with E-state index >= 15 is 0 Å². The SMILES string of the molecule is C=C(O)CN1CCN(CC(=O)O)CCN(CC(C)=O)CCN(CC(=O)O)CC1.[Gd]. The number of ketones is 1. The van der Waals surface area contributed by atoms with Gasteiger partial charge in [-0.2, -0.15) is 0 Å². The van der Waals surface area contributed by atoms with Crippen LogP contribution in [0, 0.1) is 39.9 Å². The first-order valence-electron chi connectivity index (χ1n) is 9.35. The quantitative estimate of drug-likeness (QED) is 0.322. The van der Waals surface area contributed by atoms with E-state index in [-0.39, 0.29) is 77.7 Å². The Morgan fingerprint density at radius 1 is 0.655 bits per heavy atom. The molecule has 0 atom stereocenters. The van der Waals surface area contributed by atoms with Crippen LogP contribution in [0.4, 0.5) is 0 Å². The maximum absolute atomic E-state index is 11.6. The Morgan fingerprint density at radius 3 is 1.17 bits per heavy atom. The van der Waals surface area contributed by atoms with Gasteiger partial charge in [-0.15, -0.1) is 0 Å². The molecule has 0 unspecified atom stereocenters. The molecule has 0 aromatic carbocycles. The molecule has 0 saturated carbocycles. The van der Waals surface area contributed by atoms with Crippen LogP contribution in [0.25, 0.3) is 0 Å². The predicted molar refractivity (Wildman–Crippen MR) is 103 cm³/mol. The zero-order chi connectivity index (χ0) is 21.1. The van der Waals surface area contributed by atoms with Crippen molar-refractivity contribution in [2.75, 3.05) is 78.5 Å². The van der Waals surface area contributed by atoms with E-state index in [9.17, 15) is 19.5 Å². The number of carbonyl (C=O) groups excluding carboxylic acids is 1. The van der Waals surface area contributed by atoms with Crippen LogP contribution in [0.5, 0.6) is 0 Å². The van der Waals surface area contributed by atoms with E-state index in [0.29, 0.717) is 52.4 Å². The minimum atomic E-state index is -0.920. The summed E-state index contributed by atoms with van der Waals surface area (Å²) in [6, 6.07) is 0. The first-order valence-corrected chi connectivity index (χ1v) is 9.35. The van der Waals surface area contributed by atoms with Crippen molar-refractivity contribution in [2.24, 2.45) is 0 Å². The Labute approximate surface area is 203 Å². The molecular formula is C18H32GdN4O6. The third-order valence-corrected chi connectivity index (χ3v) is 4.50. The molecule has 1 fully saturated rings. The number of aliphatic carboxylic acids is 2. The molecule has 3 N–H and O–H groups in total. The normalized spacial score (nSPS) is 18.8. The van der Waals surface area contributed by atoms with E-state index in [0.717, 1.165) is 0 Å². The van der Waals surface area contributed by atoms with Gasteiger partial charge in [-0.1, -0.05) is 6.58 Å². The second kappa shape index (κ2) is 15.2. The van der Waals surface area contributed by atoms with E-state index in [2.05, 4.69) is 6.58 Å².